The summed E-state index contributed by atoms with van der Waals surface area (Å²) in [6.07, 6.45) is 0.930. The van der Waals surface area contributed by atoms with E-state index in [9.17, 15) is 13.6 Å². The number of hydrazone groups is 1. The lowest BCUT2D eigenvalue weighted by atomic mass is 10.0. The maximum atomic E-state index is 14.6. The summed E-state index contributed by atoms with van der Waals surface area (Å²) in [5, 5.41) is 14.5. The van der Waals surface area contributed by atoms with Crippen LogP contribution in [0.5, 0.6) is 0 Å². The molecule has 1 aliphatic rings. The smallest absolute Gasteiger partial charge is 0.365 e. The van der Waals surface area contributed by atoms with E-state index in [0.717, 1.165) is 28.8 Å². The monoisotopic (exact) mass is 476 g/mol. The summed E-state index contributed by atoms with van der Waals surface area (Å²) < 4.78 is 28.6. The maximum Gasteiger partial charge on any atom is 0.365 e. The SMILES string of the molecule is CON(C)C(=O)N1N=C(c2cc(F)ccc2F)SC1(CCCN(C)C(=N)N)c1ccccc1. The van der Waals surface area contributed by atoms with Gasteiger partial charge in [-0.15, -0.1) is 0 Å². The van der Waals surface area contributed by atoms with E-state index in [2.05, 4.69) is 5.10 Å². The van der Waals surface area contributed by atoms with Crippen molar-refractivity contribution in [2.45, 2.75) is 17.7 Å². The molecule has 0 aromatic heterocycles. The number of amides is 2. The van der Waals surface area contributed by atoms with Gasteiger partial charge in [0.15, 0.2) is 5.96 Å². The van der Waals surface area contributed by atoms with Crippen molar-refractivity contribution in [2.24, 2.45) is 10.8 Å². The number of carbonyl (C=O) groups is 1. The lowest BCUT2D eigenvalue weighted by molar-refractivity contribution is -0.0806. The van der Waals surface area contributed by atoms with Gasteiger partial charge in [-0.2, -0.15) is 10.1 Å². The molecule has 0 bridgehead atoms. The second-order valence-electron chi connectivity index (χ2n) is 7.47. The molecule has 1 heterocycles. The Morgan fingerprint density at radius 1 is 1.24 bits per heavy atom. The molecule has 1 aliphatic heterocycles. The first-order valence-electron chi connectivity index (χ1n) is 10.2. The van der Waals surface area contributed by atoms with Gasteiger partial charge in [-0.1, -0.05) is 42.1 Å². The maximum absolute atomic E-state index is 14.6. The Labute approximate surface area is 195 Å². The van der Waals surface area contributed by atoms with E-state index >= 15 is 0 Å². The van der Waals surface area contributed by atoms with Crippen LogP contribution in [0, 0.1) is 17.0 Å². The van der Waals surface area contributed by atoms with Crippen molar-refractivity contribution in [1.82, 2.24) is 15.0 Å². The molecule has 2 aromatic rings. The van der Waals surface area contributed by atoms with Gasteiger partial charge in [0.25, 0.3) is 0 Å². The number of thioether (sulfide) groups is 1. The Morgan fingerprint density at radius 2 is 1.94 bits per heavy atom. The molecule has 0 radical (unpaired) electrons. The minimum Gasteiger partial charge on any atom is -0.370 e. The topological polar surface area (TPSA) is 98.2 Å². The predicted octanol–water partition coefficient (Wildman–Crippen LogP) is 3.75. The number of guanidine groups is 1. The van der Waals surface area contributed by atoms with E-state index in [1.54, 1.807) is 11.9 Å². The molecule has 33 heavy (non-hydrogen) atoms. The molecule has 0 spiro atoms. The quantitative estimate of drug-likeness (QED) is 0.360. The van der Waals surface area contributed by atoms with Crippen LogP contribution in [0.3, 0.4) is 0 Å². The number of carbonyl (C=O) groups excluding carboxylic acids is 1. The van der Waals surface area contributed by atoms with Crippen LogP contribution in [-0.4, -0.2) is 59.8 Å². The Bertz CT molecular complexity index is 1050. The highest BCUT2D eigenvalue weighted by Crippen LogP contribution is 2.51. The van der Waals surface area contributed by atoms with Crippen molar-refractivity contribution in [3.63, 3.8) is 0 Å². The minimum absolute atomic E-state index is 0.0310. The predicted molar refractivity (Wildman–Crippen MR) is 124 cm³/mol. The van der Waals surface area contributed by atoms with E-state index in [1.807, 2.05) is 30.3 Å². The molecule has 1 atom stereocenters. The molecular weight excluding hydrogens is 450 g/mol. The third kappa shape index (κ3) is 5.09. The van der Waals surface area contributed by atoms with Crippen molar-refractivity contribution in [3.05, 3.63) is 71.3 Å². The number of halogens is 2. The number of rotatable bonds is 7. The Kier molecular flexibility index (Phi) is 7.54. The molecule has 8 nitrogen and oxygen atoms in total. The second kappa shape index (κ2) is 10.2. The Morgan fingerprint density at radius 3 is 2.58 bits per heavy atom. The zero-order valence-corrected chi connectivity index (χ0v) is 19.4. The molecule has 2 aromatic carbocycles. The third-order valence-corrected chi connectivity index (χ3v) is 6.77. The van der Waals surface area contributed by atoms with Gasteiger partial charge in [-0.25, -0.2) is 18.6 Å². The van der Waals surface area contributed by atoms with Crippen LogP contribution in [0.15, 0.2) is 53.6 Å². The van der Waals surface area contributed by atoms with Gasteiger partial charge in [0, 0.05) is 26.2 Å². The Balaban J connectivity index is 2.09. The van der Waals surface area contributed by atoms with Crippen LogP contribution in [-0.2, 0) is 9.71 Å². The Hall–Kier alpha value is -3.18. The van der Waals surface area contributed by atoms with Gasteiger partial charge < -0.3 is 10.6 Å². The highest BCUT2D eigenvalue weighted by Gasteiger charge is 2.49. The molecule has 11 heteroatoms. The van der Waals surface area contributed by atoms with E-state index in [0.29, 0.717) is 19.4 Å². The largest absolute Gasteiger partial charge is 0.370 e. The van der Waals surface area contributed by atoms with Crippen LogP contribution in [0.2, 0.25) is 0 Å². The van der Waals surface area contributed by atoms with E-state index in [4.69, 9.17) is 16.0 Å². The van der Waals surface area contributed by atoms with E-state index < -0.39 is 22.5 Å². The highest BCUT2D eigenvalue weighted by molar-refractivity contribution is 8.15. The van der Waals surface area contributed by atoms with Gasteiger partial charge in [0.1, 0.15) is 21.5 Å². The number of urea groups is 1. The molecule has 0 fully saturated rings. The normalized spacial score (nSPS) is 17.6. The molecular formula is C22H26F2N6O2S. The fourth-order valence-corrected chi connectivity index (χ4v) is 4.85. The first-order chi connectivity index (χ1) is 15.7. The van der Waals surface area contributed by atoms with Crippen LogP contribution in [0.25, 0.3) is 0 Å². The molecule has 1 unspecified atom stereocenters. The van der Waals surface area contributed by atoms with Crippen molar-refractivity contribution >= 4 is 28.8 Å². The number of benzene rings is 2. The van der Waals surface area contributed by atoms with E-state index in [1.165, 1.54) is 30.9 Å². The van der Waals surface area contributed by atoms with Gasteiger partial charge >= 0.3 is 6.03 Å². The molecule has 3 rings (SSSR count). The minimum atomic E-state index is -1.06. The first-order valence-corrected chi connectivity index (χ1v) is 11.0. The highest BCUT2D eigenvalue weighted by atomic mass is 32.2. The zero-order chi connectivity index (χ0) is 24.2. The standard InChI is InChI=1S/C22H26F2N6O2S/c1-28(20(25)26)13-7-12-22(15-8-5-4-6-9-15)30(21(31)29(2)32-3)27-19(33-22)17-14-16(23)10-11-18(17)24/h4-6,8-11,14H,7,12-13H2,1-3H3,(H3,25,26). The fourth-order valence-electron chi connectivity index (χ4n) is 3.43. The average molecular weight is 477 g/mol. The summed E-state index contributed by atoms with van der Waals surface area (Å²) in [7, 11) is 4.50. The fraction of sp³-hybridized carbons (Fsp3) is 0.318. The van der Waals surface area contributed by atoms with Gasteiger partial charge in [-0.3, -0.25) is 10.2 Å². The number of hydrogen-bond acceptors (Lipinski definition) is 5. The van der Waals surface area contributed by atoms with Crippen LogP contribution in [0.1, 0.15) is 24.0 Å². The van der Waals surface area contributed by atoms with Gasteiger partial charge in [0.2, 0.25) is 0 Å². The molecule has 0 saturated heterocycles. The van der Waals surface area contributed by atoms with Crippen molar-refractivity contribution < 1.29 is 18.4 Å². The molecule has 0 saturated carbocycles. The number of hydroxylamine groups is 2. The number of nitrogens with one attached hydrogen (secondary N) is 1. The molecule has 0 aliphatic carbocycles. The molecule has 3 N–H and O–H groups in total. The van der Waals surface area contributed by atoms with Crippen molar-refractivity contribution in [1.29, 1.82) is 5.41 Å². The summed E-state index contributed by atoms with van der Waals surface area (Å²) in [6.45, 7) is 0.455. The van der Waals surface area contributed by atoms with Crippen LogP contribution in [0.4, 0.5) is 13.6 Å². The summed E-state index contributed by atoms with van der Waals surface area (Å²) in [5.41, 5.74) is 6.28. The molecule has 2 amide bonds. The second-order valence-corrected chi connectivity index (χ2v) is 8.73. The number of nitrogens with zero attached hydrogens (tertiary/aromatic N) is 4. The number of hydrogen-bond donors (Lipinski definition) is 2. The van der Waals surface area contributed by atoms with Gasteiger partial charge in [0.05, 0.1) is 7.11 Å². The zero-order valence-electron chi connectivity index (χ0n) is 18.6. The van der Waals surface area contributed by atoms with Gasteiger partial charge in [-0.05, 0) is 36.6 Å². The third-order valence-electron chi connectivity index (χ3n) is 5.33. The lowest BCUT2D eigenvalue weighted by Crippen LogP contribution is -2.47. The van der Waals surface area contributed by atoms with Crippen LogP contribution < -0.4 is 5.73 Å². The summed E-state index contributed by atoms with van der Waals surface area (Å²) in [6, 6.07) is 11.8. The number of nitrogens with two attached hydrogens (primary N) is 1. The lowest BCUT2D eigenvalue weighted by Gasteiger charge is -2.37. The first kappa shape index (κ1) is 24.5. The summed E-state index contributed by atoms with van der Waals surface area (Å²) in [4.78, 5) is 18.9. The van der Waals surface area contributed by atoms with E-state index in [-0.39, 0.29) is 16.6 Å². The van der Waals surface area contributed by atoms with Crippen LogP contribution >= 0.6 is 11.8 Å². The van der Waals surface area contributed by atoms with Crippen molar-refractivity contribution in [3.8, 4) is 0 Å². The van der Waals surface area contributed by atoms with Crippen molar-refractivity contribution in [2.75, 3.05) is 27.7 Å². The molecule has 176 valence electrons. The summed E-state index contributed by atoms with van der Waals surface area (Å²) >= 11 is 1.17. The summed E-state index contributed by atoms with van der Waals surface area (Å²) in [5.74, 6) is -1.33. The average Bonchev–Trinajstić information content (AvgIpc) is 3.20.